The van der Waals surface area contributed by atoms with E-state index in [1.807, 2.05) is 6.07 Å². The maximum Gasteiger partial charge on any atom is 0.355 e. The Morgan fingerprint density at radius 1 is 1.31 bits per heavy atom. The number of thiazole rings is 1. The van der Waals surface area contributed by atoms with E-state index in [-0.39, 0.29) is 29.9 Å². The summed E-state index contributed by atoms with van der Waals surface area (Å²) in [7, 11) is 0. The maximum atomic E-state index is 11.1. The van der Waals surface area contributed by atoms with Crippen molar-refractivity contribution in [3.63, 3.8) is 0 Å². The van der Waals surface area contributed by atoms with E-state index in [1.54, 1.807) is 16.7 Å². The number of hydrogen-bond donors (Lipinski definition) is 2. The van der Waals surface area contributed by atoms with Crippen LogP contribution in [0.25, 0.3) is 10.1 Å². The van der Waals surface area contributed by atoms with Crippen molar-refractivity contribution in [2.24, 2.45) is 17.6 Å². The van der Waals surface area contributed by atoms with Gasteiger partial charge in [-0.25, -0.2) is 9.78 Å². The third-order valence-electron chi connectivity index (χ3n) is 6.07. The molecule has 1 aliphatic carbocycles. The first-order valence-corrected chi connectivity index (χ1v) is 11.5. The molecule has 2 aromatic heterocycles. The molecule has 2 aliphatic rings. The molecular weight excluding hydrogens is 408 g/mol. The largest absolute Gasteiger partial charge is 0.493 e. The molecule has 29 heavy (non-hydrogen) atoms. The van der Waals surface area contributed by atoms with E-state index in [2.05, 4.69) is 28.6 Å². The summed E-state index contributed by atoms with van der Waals surface area (Å²) in [6.07, 6.45) is 2.56. The second-order valence-electron chi connectivity index (χ2n) is 7.78. The number of aromatic carboxylic acids is 1. The lowest BCUT2D eigenvalue weighted by atomic mass is 9.86. The van der Waals surface area contributed by atoms with Crippen LogP contribution < -0.4 is 10.5 Å². The molecule has 5 rings (SSSR count). The Morgan fingerprint density at radius 3 is 3.03 bits per heavy atom. The van der Waals surface area contributed by atoms with Crippen LogP contribution in [0.2, 0.25) is 0 Å². The van der Waals surface area contributed by atoms with Crippen molar-refractivity contribution in [1.82, 2.24) is 4.98 Å². The smallest absolute Gasteiger partial charge is 0.355 e. The average Bonchev–Trinajstić information content (AvgIpc) is 3.43. The van der Waals surface area contributed by atoms with Crippen molar-refractivity contribution in [3.8, 4) is 5.75 Å². The van der Waals surface area contributed by atoms with Gasteiger partial charge in [-0.15, -0.1) is 22.7 Å². The first-order chi connectivity index (χ1) is 14.1. The van der Waals surface area contributed by atoms with Gasteiger partial charge in [0.15, 0.2) is 5.69 Å². The SMILES string of the molecule is N[C@@H]1C[C@@H]2OC(c3nc(C(=O)O)cs3)CC[C@@H]2C1COc1ccc2sccc2c1. The van der Waals surface area contributed by atoms with Gasteiger partial charge in [-0.2, -0.15) is 0 Å². The Labute approximate surface area is 176 Å². The summed E-state index contributed by atoms with van der Waals surface area (Å²) >= 11 is 3.08. The molecule has 3 heterocycles. The topological polar surface area (TPSA) is 94.7 Å². The van der Waals surface area contributed by atoms with E-state index in [1.165, 1.54) is 21.4 Å². The predicted octanol–water partition coefficient (Wildman–Crippen LogP) is 4.32. The number of fused-ring (bicyclic) bond motifs is 2. The van der Waals surface area contributed by atoms with Gasteiger partial charge in [-0.1, -0.05) is 0 Å². The highest BCUT2D eigenvalue weighted by Crippen LogP contribution is 2.45. The lowest BCUT2D eigenvalue weighted by Crippen LogP contribution is -2.35. The van der Waals surface area contributed by atoms with Crippen LogP contribution in [0.5, 0.6) is 5.75 Å². The molecule has 1 aromatic carbocycles. The molecule has 0 spiro atoms. The van der Waals surface area contributed by atoms with Crippen LogP contribution in [0.4, 0.5) is 0 Å². The second-order valence-corrected chi connectivity index (χ2v) is 9.61. The fourth-order valence-corrected chi connectivity index (χ4v) is 6.21. The number of aromatic nitrogens is 1. The first kappa shape index (κ1) is 19.0. The van der Waals surface area contributed by atoms with Crippen molar-refractivity contribution in [1.29, 1.82) is 0 Å². The van der Waals surface area contributed by atoms with Gasteiger partial charge in [0.2, 0.25) is 0 Å². The number of ether oxygens (including phenoxy) is 2. The molecule has 3 N–H and O–H groups in total. The van der Waals surface area contributed by atoms with E-state index in [4.69, 9.17) is 20.3 Å². The van der Waals surface area contributed by atoms with Crippen molar-refractivity contribution in [2.75, 3.05) is 6.61 Å². The molecule has 3 aromatic rings. The average molecular weight is 431 g/mol. The first-order valence-electron chi connectivity index (χ1n) is 9.78. The Hall–Kier alpha value is -2.00. The number of nitrogens with two attached hydrogens (primary N) is 1. The van der Waals surface area contributed by atoms with Gasteiger partial charge < -0.3 is 20.3 Å². The summed E-state index contributed by atoms with van der Waals surface area (Å²) in [5.74, 6) is 0.502. The Balaban J connectivity index is 1.23. The molecular formula is C21H22N2O4S2. The number of nitrogens with zero attached hydrogens (tertiary/aromatic N) is 1. The van der Waals surface area contributed by atoms with Gasteiger partial charge in [0, 0.05) is 22.0 Å². The minimum absolute atomic E-state index is 0.0412. The Morgan fingerprint density at radius 2 is 2.21 bits per heavy atom. The Bertz CT molecular complexity index is 1030. The number of benzene rings is 1. The van der Waals surface area contributed by atoms with Gasteiger partial charge in [-0.3, -0.25) is 0 Å². The number of carboxylic acids is 1. The van der Waals surface area contributed by atoms with E-state index in [9.17, 15) is 4.79 Å². The molecule has 152 valence electrons. The van der Waals surface area contributed by atoms with E-state index in [0.29, 0.717) is 12.5 Å². The highest BCUT2D eigenvalue weighted by Gasteiger charge is 2.46. The monoisotopic (exact) mass is 430 g/mol. The fraction of sp³-hybridized carbons (Fsp3) is 0.429. The standard InChI is InChI=1S/C21H22N2O4S2/c22-15-8-18-13(2-3-17(27-18)20-23-16(10-29-20)21(24)25)14(15)9-26-12-1-4-19-11(7-12)5-6-28-19/h1,4-7,10,13-15,17-18H,2-3,8-9,22H2,(H,24,25)/t13-,14?,15-,17?,18+/m1/s1. The van der Waals surface area contributed by atoms with Gasteiger partial charge in [-0.05, 0) is 60.2 Å². The predicted molar refractivity (Wildman–Crippen MR) is 113 cm³/mol. The van der Waals surface area contributed by atoms with Crippen LogP contribution >= 0.6 is 22.7 Å². The highest BCUT2D eigenvalue weighted by molar-refractivity contribution is 7.17. The van der Waals surface area contributed by atoms with Crippen molar-refractivity contribution >= 4 is 38.7 Å². The molecule has 2 unspecified atom stereocenters. The molecule has 2 fully saturated rings. The number of hydrogen-bond acceptors (Lipinski definition) is 7. The molecule has 1 saturated heterocycles. The summed E-state index contributed by atoms with van der Waals surface area (Å²) in [5, 5.41) is 14.7. The molecule has 0 amide bonds. The summed E-state index contributed by atoms with van der Waals surface area (Å²) < 4.78 is 13.7. The molecule has 1 saturated carbocycles. The van der Waals surface area contributed by atoms with Gasteiger partial charge in [0.1, 0.15) is 16.9 Å². The molecule has 8 heteroatoms. The van der Waals surface area contributed by atoms with Crippen molar-refractivity contribution in [3.05, 3.63) is 45.7 Å². The number of thiophene rings is 1. The van der Waals surface area contributed by atoms with Crippen molar-refractivity contribution in [2.45, 2.75) is 37.5 Å². The zero-order chi connectivity index (χ0) is 20.0. The summed E-state index contributed by atoms with van der Waals surface area (Å²) in [5.41, 5.74) is 6.55. The third-order valence-corrected chi connectivity index (χ3v) is 7.90. The summed E-state index contributed by atoms with van der Waals surface area (Å²) in [4.78, 5) is 15.3. The molecule has 5 atom stereocenters. The third kappa shape index (κ3) is 3.66. The summed E-state index contributed by atoms with van der Waals surface area (Å²) in [6.45, 7) is 0.590. The van der Waals surface area contributed by atoms with Gasteiger partial charge >= 0.3 is 5.97 Å². The minimum Gasteiger partial charge on any atom is -0.493 e. The van der Waals surface area contributed by atoms with Crippen LogP contribution in [0.3, 0.4) is 0 Å². The Kier molecular flexibility index (Phi) is 5.03. The lowest BCUT2D eigenvalue weighted by Gasteiger charge is -2.34. The van der Waals surface area contributed by atoms with Crippen molar-refractivity contribution < 1.29 is 19.4 Å². The van der Waals surface area contributed by atoms with Gasteiger partial charge in [0.05, 0.1) is 12.7 Å². The number of rotatable bonds is 5. The highest BCUT2D eigenvalue weighted by atomic mass is 32.1. The van der Waals surface area contributed by atoms with Crippen LogP contribution in [-0.4, -0.2) is 34.8 Å². The van der Waals surface area contributed by atoms with Gasteiger partial charge in [0.25, 0.3) is 0 Å². The molecule has 6 nitrogen and oxygen atoms in total. The maximum absolute atomic E-state index is 11.1. The van der Waals surface area contributed by atoms with Crippen LogP contribution in [-0.2, 0) is 4.74 Å². The number of carbonyl (C=O) groups is 1. The summed E-state index contributed by atoms with van der Waals surface area (Å²) in [6, 6.07) is 8.35. The quantitative estimate of drug-likeness (QED) is 0.626. The van der Waals surface area contributed by atoms with Crippen LogP contribution in [0, 0.1) is 11.8 Å². The van der Waals surface area contributed by atoms with E-state index < -0.39 is 5.97 Å². The van der Waals surface area contributed by atoms with E-state index >= 15 is 0 Å². The van der Waals surface area contributed by atoms with Crippen LogP contribution in [0.15, 0.2) is 35.0 Å². The number of carboxylic acid groups (broad SMARTS) is 1. The zero-order valence-corrected chi connectivity index (χ0v) is 17.3. The molecule has 1 aliphatic heterocycles. The zero-order valence-electron chi connectivity index (χ0n) is 15.7. The molecule has 0 radical (unpaired) electrons. The normalized spacial score (nSPS) is 29.1. The van der Waals surface area contributed by atoms with Crippen LogP contribution in [0.1, 0.15) is 40.9 Å². The second kappa shape index (κ2) is 7.68. The lowest BCUT2D eigenvalue weighted by molar-refractivity contribution is -0.0811. The minimum atomic E-state index is -0.998. The van der Waals surface area contributed by atoms with E-state index in [0.717, 1.165) is 30.0 Å². The molecule has 0 bridgehead atoms. The fourth-order valence-electron chi connectivity index (χ4n) is 4.58.